The molecule has 5 heteroatoms. The van der Waals surface area contributed by atoms with Crippen molar-refractivity contribution in [2.75, 3.05) is 32.7 Å². The molecule has 19 heavy (non-hydrogen) atoms. The number of rotatable bonds is 4. The Labute approximate surface area is 114 Å². The Bertz CT molecular complexity index is 388. The number of pyridine rings is 1. The lowest BCUT2D eigenvalue weighted by Gasteiger charge is -2.34. The first-order valence-electron chi connectivity index (χ1n) is 6.93. The van der Waals surface area contributed by atoms with Crippen molar-refractivity contribution in [1.82, 2.24) is 20.1 Å². The van der Waals surface area contributed by atoms with Crippen molar-refractivity contribution in [3.8, 4) is 0 Å². The maximum atomic E-state index is 11.8. The third-order valence-electron chi connectivity index (χ3n) is 3.31. The molecule has 1 aliphatic rings. The average molecular weight is 262 g/mol. The summed E-state index contributed by atoms with van der Waals surface area (Å²) in [5.74, 6) is 0. The summed E-state index contributed by atoms with van der Waals surface area (Å²) in [4.78, 5) is 20.2. The number of hydrogen-bond donors (Lipinski definition) is 1. The predicted molar refractivity (Wildman–Crippen MR) is 74.8 cm³/mol. The van der Waals surface area contributed by atoms with Gasteiger partial charge in [-0.2, -0.15) is 0 Å². The lowest BCUT2D eigenvalue weighted by Crippen LogP contribution is -2.51. The quantitative estimate of drug-likeness (QED) is 0.890. The average Bonchev–Trinajstić information content (AvgIpc) is 2.46. The summed E-state index contributed by atoms with van der Waals surface area (Å²) >= 11 is 0. The van der Waals surface area contributed by atoms with E-state index >= 15 is 0 Å². The van der Waals surface area contributed by atoms with Crippen molar-refractivity contribution in [3.05, 3.63) is 30.1 Å². The van der Waals surface area contributed by atoms with Gasteiger partial charge in [-0.25, -0.2) is 4.79 Å². The Hall–Kier alpha value is -1.62. The first kappa shape index (κ1) is 13.8. The largest absolute Gasteiger partial charge is 0.338 e. The third-order valence-corrected chi connectivity index (χ3v) is 3.31. The van der Waals surface area contributed by atoms with E-state index in [0.29, 0.717) is 0 Å². The molecule has 1 aromatic rings. The zero-order valence-electron chi connectivity index (χ0n) is 11.5. The molecule has 0 saturated carbocycles. The molecule has 0 aromatic carbocycles. The van der Waals surface area contributed by atoms with Crippen LogP contribution in [0.4, 0.5) is 4.79 Å². The number of aromatic nitrogens is 1. The lowest BCUT2D eigenvalue weighted by atomic mass is 10.2. The molecule has 0 aliphatic carbocycles. The maximum Gasteiger partial charge on any atom is 0.317 e. The normalized spacial score (nSPS) is 16.4. The van der Waals surface area contributed by atoms with E-state index in [4.69, 9.17) is 0 Å². The van der Waals surface area contributed by atoms with Gasteiger partial charge in [0.1, 0.15) is 0 Å². The first-order chi connectivity index (χ1) is 9.29. The molecule has 1 N–H and O–H groups in total. The van der Waals surface area contributed by atoms with Gasteiger partial charge in [-0.1, -0.05) is 13.0 Å². The van der Waals surface area contributed by atoms with E-state index < -0.39 is 0 Å². The van der Waals surface area contributed by atoms with E-state index in [1.165, 1.54) is 5.56 Å². The Morgan fingerprint density at radius 2 is 2.16 bits per heavy atom. The van der Waals surface area contributed by atoms with Crippen LogP contribution in [0.1, 0.15) is 18.9 Å². The summed E-state index contributed by atoms with van der Waals surface area (Å²) in [6, 6.07) is 4.12. The van der Waals surface area contributed by atoms with Gasteiger partial charge in [0.2, 0.25) is 0 Å². The van der Waals surface area contributed by atoms with Gasteiger partial charge in [0.15, 0.2) is 0 Å². The highest BCUT2D eigenvalue weighted by Crippen LogP contribution is 2.07. The van der Waals surface area contributed by atoms with Crippen LogP contribution in [0.3, 0.4) is 0 Å². The third kappa shape index (κ3) is 4.21. The van der Waals surface area contributed by atoms with Crippen LogP contribution in [-0.2, 0) is 6.54 Å². The van der Waals surface area contributed by atoms with Crippen molar-refractivity contribution in [1.29, 1.82) is 0 Å². The van der Waals surface area contributed by atoms with Crippen LogP contribution < -0.4 is 5.32 Å². The Balaban J connectivity index is 1.75. The van der Waals surface area contributed by atoms with Gasteiger partial charge >= 0.3 is 6.03 Å². The number of carbonyl (C=O) groups is 1. The summed E-state index contributed by atoms with van der Waals surface area (Å²) in [6.45, 7) is 7.19. The van der Waals surface area contributed by atoms with Crippen LogP contribution in [-0.4, -0.2) is 53.5 Å². The van der Waals surface area contributed by atoms with Gasteiger partial charge in [-0.05, 0) is 18.1 Å². The number of nitrogens with one attached hydrogen (secondary N) is 1. The molecule has 2 rings (SSSR count). The molecule has 104 valence electrons. The standard InChI is InChI=1S/C14H22N4O/c1-2-5-16-14(19)18-9-7-17(8-10-18)12-13-4-3-6-15-11-13/h3-4,6,11H,2,5,7-10,12H2,1H3,(H,16,19). The van der Waals surface area contributed by atoms with Crippen LogP contribution in [0, 0.1) is 0 Å². The smallest absolute Gasteiger partial charge is 0.317 e. The van der Waals surface area contributed by atoms with E-state index in [2.05, 4.69) is 28.2 Å². The van der Waals surface area contributed by atoms with E-state index in [0.717, 1.165) is 45.7 Å². The second-order valence-electron chi connectivity index (χ2n) is 4.86. The molecule has 1 fully saturated rings. The number of nitrogens with zero attached hydrogens (tertiary/aromatic N) is 3. The fraction of sp³-hybridized carbons (Fsp3) is 0.571. The second-order valence-corrected chi connectivity index (χ2v) is 4.86. The fourth-order valence-corrected chi connectivity index (χ4v) is 2.20. The Morgan fingerprint density at radius 1 is 1.37 bits per heavy atom. The molecule has 1 aliphatic heterocycles. The Kier molecular flexibility index (Phi) is 5.15. The van der Waals surface area contributed by atoms with Crippen molar-refractivity contribution >= 4 is 6.03 Å². The van der Waals surface area contributed by atoms with Gasteiger partial charge < -0.3 is 10.2 Å². The molecule has 1 saturated heterocycles. The molecule has 2 amide bonds. The minimum Gasteiger partial charge on any atom is -0.338 e. The number of piperazine rings is 1. The minimum absolute atomic E-state index is 0.0721. The molecule has 0 atom stereocenters. The van der Waals surface area contributed by atoms with Crippen LogP contribution in [0.25, 0.3) is 0 Å². The number of amides is 2. The summed E-state index contributed by atoms with van der Waals surface area (Å²) in [5.41, 5.74) is 1.23. The molecule has 2 heterocycles. The molecule has 0 radical (unpaired) electrons. The van der Waals surface area contributed by atoms with Gasteiger partial charge in [0.25, 0.3) is 0 Å². The first-order valence-corrected chi connectivity index (χ1v) is 6.93. The van der Waals surface area contributed by atoms with E-state index in [1.807, 2.05) is 17.2 Å². The van der Waals surface area contributed by atoms with Crippen molar-refractivity contribution < 1.29 is 4.79 Å². The highest BCUT2D eigenvalue weighted by molar-refractivity contribution is 5.74. The topological polar surface area (TPSA) is 48.5 Å². The lowest BCUT2D eigenvalue weighted by molar-refractivity contribution is 0.135. The monoisotopic (exact) mass is 262 g/mol. The summed E-state index contributed by atoms with van der Waals surface area (Å²) in [6.07, 6.45) is 4.67. The molecule has 0 bridgehead atoms. The van der Waals surface area contributed by atoms with Crippen LogP contribution >= 0.6 is 0 Å². The number of carbonyl (C=O) groups excluding carboxylic acids is 1. The van der Waals surface area contributed by atoms with Crippen molar-refractivity contribution in [2.24, 2.45) is 0 Å². The molecular weight excluding hydrogens is 240 g/mol. The van der Waals surface area contributed by atoms with Gasteiger partial charge in [0.05, 0.1) is 0 Å². The van der Waals surface area contributed by atoms with Crippen LogP contribution in [0.5, 0.6) is 0 Å². The van der Waals surface area contributed by atoms with Crippen LogP contribution in [0.2, 0.25) is 0 Å². The van der Waals surface area contributed by atoms with Gasteiger partial charge in [0, 0.05) is 51.7 Å². The summed E-state index contributed by atoms with van der Waals surface area (Å²) in [7, 11) is 0. The highest BCUT2D eigenvalue weighted by Gasteiger charge is 2.20. The molecule has 0 spiro atoms. The molecule has 5 nitrogen and oxygen atoms in total. The zero-order chi connectivity index (χ0) is 13.5. The van der Waals surface area contributed by atoms with Gasteiger partial charge in [-0.15, -0.1) is 0 Å². The molecule has 1 aromatic heterocycles. The van der Waals surface area contributed by atoms with Crippen LogP contribution in [0.15, 0.2) is 24.5 Å². The minimum atomic E-state index is 0.0721. The SMILES string of the molecule is CCCNC(=O)N1CCN(Cc2cccnc2)CC1. The van der Waals surface area contributed by atoms with Crippen molar-refractivity contribution in [3.63, 3.8) is 0 Å². The van der Waals surface area contributed by atoms with Gasteiger partial charge in [-0.3, -0.25) is 9.88 Å². The Morgan fingerprint density at radius 3 is 2.79 bits per heavy atom. The number of urea groups is 1. The summed E-state index contributed by atoms with van der Waals surface area (Å²) in [5, 5.41) is 2.93. The fourth-order valence-electron chi connectivity index (χ4n) is 2.20. The zero-order valence-corrected chi connectivity index (χ0v) is 11.5. The van der Waals surface area contributed by atoms with Crippen molar-refractivity contribution in [2.45, 2.75) is 19.9 Å². The van der Waals surface area contributed by atoms with E-state index in [1.54, 1.807) is 6.20 Å². The second kappa shape index (κ2) is 7.09. The number of hydrogen-bond acceptors (Lipinski definition) is 3. The summed E-state index contributed by atoms with van der Waals surface area (Å²) < 4.78 is 0. The molecular formula is C14H22N4O. The predicted octanol–water partition coefficient (Wildman–Crippen LogP) is 1.32. The molecule has 0 unspecified atom stereocenters. The highest BCUT2D eigenvalue weighted by atomic mass is 16.2. The maximum absolute atomic E-state index is 11.8. The van der Waals surface area contributed by atoms with E-state index in [9.17, 15) is 4.79 Å². The van der Waals surface area contributed by atoms with E-state index in [-0.39, 0.29) is 6.03 Å².